The summed E-state index contributed by atoms with van der Waals surface area (Å²) in [4.78, 5) is 4.77. The minimum Gasteiger partial charge on any atom is -0.395 e. The maximum Gasteiger partial charge on any atom is 0.243 e. The van der Waals surface area contributed by atoms with Gasteiger partial charge < -0.3 is 15.2 Å². The Morgan fingerprint density at radius 1 is 1.23 bits per heavy atom. The minimum atomic E-state index is -3.74. The van der Waals surface area contributed by atoms with Crippen LogP contribution in [0.1, 0.15) is 11.1 Å². The molecule has 1 aliphatic heterocycles. The van der Waals surface area contributed by atoms with E-state index in [4.69, 9.17) is 16.3 Å². The predicted octanol–water partition coefficient (Wildman–Crippen LogP) is 3.19. The van der Waals surface area contributed by atoms with Crippen LogP contribution in [-0.4, -0.2) is 55.2 Å². The molecule has 1 aliphatic rings. The molecule has 0 bridgehead atoms. The van der Waals surface area contributed by atoms with E-state index in [9.17, 15) is 13.5 Å². The number of aromatic nitrogens is 1. The minimum absolute atomic E-state index is 0.178. The molecule has 7 nitrogen and oxygen atoms in total. The monoisotopic (exact) mass is 461 g/mol. The summed E-state index contributed by atoms with van der Waals surface area (Å²) in [6, 6.07) is 13.7. The number of ether oxygens (including phenoxy) is 1. The molecule has 2 heterocycles. The molecule has 0 amide bonds. The van der Waals surface area contributed by atoms with Gasteiger partial charge in [0.2, 0.25) is 10.0 Å². The Labute approximate surface area is 186 Å². The number of aliphatic hydroxyl groups is 1. The van der Waals surface area contributed by atoms with Crippen LogP contribution in [0.5, 0.6) is 0 Å². The lowest BCUT2D eigenvalue weighted by Gasteiger charge is -2.33. The molecule has 0 radical (unpaired) electrons. The molecule has 2 N–H and O–H groups in total. The van der Waals surface area contributed by atoms with Gasteiger partial charge in [-0.15, -0.1) is 0 Å². The lowest BCUT2D eigenvalue weighted by Crippen LogP contribution is -2.50. The fourth-order valence-corrected chi connectivity index (χ4v) is 5.43. The quantitative estimate of drug-likeness (QED) is 0.585. The van der Waals surface area contributed by atoms with Crippen LogP contribution in [0.15, 0.2) is 53.4 Å². The first-order valence-electron chi connectivity index (χ1n) is 9.98. The van der Waals surface area contributed by atoms with Gasteiger partial charge in [0.05, 0.1) is 36.3 Å². The van der Waals surface area contributed by atoms with E-state index in [1.807, 2.05) is 37.3 Å². The van der Waals surface area contributed by atoms with Crippen molar-refractivity contribution in [2.75, 3.05) is 31.7 Å². The summed E-state index contributed by atoms with van der Waals surface area (Å²) in [5.74, 6) is 0.691. The Hall–Kier alpha value is -2.23. The van der Waals surface area contributed by atoms with Gasteiger partial charge in [0.15, 0.2) is 0 Å². The Bertz CT molecular complexity index is 1200. The third kappa shape index (κ3) is 4.68. The average molecular weight is 462 g/mol. The first-order chi connectivity index (χ1) is 14.9. The van der Waals surface area contributed by atoms with Gasteiger partial charge in [-0.05, 0) is 60.5 Å². The normalized spacial score (nSPS) is 17.7. The third-order valence-corrected chi connectivity index (χ3v) is 7.61. The molecule has 1 unspecified atom stereocenters. The van der Waals surface area contributed by atoms with E-state index in [2.05, 4.69) is 10.3 Å². The molecule has 3 aromatic rings. The number of hydrogen-bond donors (Lipinski definition) is 2. The molecule has 31 heavy (non-hydrogen) atoms. The Morgan fingerprint density at radius 3 is 2.87 bits per heavy atom. The van der Waals surface area contributed by atoms with Crippen molar-refractivity contribution in [2.45, 2.75) is 24.4 Å². The largest absolute Gasteiger partial charge is 0.395 e. The molecule has 1 fully saturated rings. The smallest absolute Gasteiger partial charge is 0.243 e. The second-order valence-corrected chi connectivity index (χ2v) is 9.83. The summed E-state index contributed by atoms with van der Waals surface area (Å²) in [6.07, 6.45) is 0. The van der Waals surface area contributed by atoms with Gasteiger partial charge in [-0.3, -0.25) is 0 Å². The molecule has 0 aliphatic carbocycles. The lowest BCUT2D eigenvalue weighted by atomic mass is 10.1. The van der Waals surface area contributed by atoms with E-state index in [1.165, 1.54) is 4.31 Å². The van der Waals surface area contributed by atoms with Crippen LogP contribution in [0.2, 0.25) is 5.02 Å². The number of fused-ring (bicyclic) bond motifs is 1. The van der Waals surface area contributed by atoms with E-state index in [1.54, 1.807) is 18.2 Å². The van der Waals surface area contributed by atoms with Gasteiger partial charge >= 0.3 is 0 Å². The fourth-order valence-electron chi connectivity index (χ4n) is 3.61. The summed E-state index contributed by atoms with van der Waals surface area (Å²) in [6.45, 7) is 3.04. The Morgan fingerprint density at radius 2 is 2.06 bits per heavy atom. The molecular formula is C22H24ClN3O4S. The molecule has 9 heteroatoms. The Kier molecular flexibility index (Phi) is 6.45. The molecule has 4 rings (SSSR count). The molecule has 0 saturated carbocycles. The third-order valence-electron chi connectivity index (χ3n) is 5.42. The van der Waals surface area contributed by atoms with Crippen molar-refractivity contribution in [3.8, 4) is 0 Å². The van der Waals surface area contributed by atoms with Crippen molar-refractivity contribution < 1.29 is 18.3 Å². The first kappa shape index (κ1) is 22.0. The number of aliphatic hydroxyl groups excluding tert-OH is 1. The molecule has 1 aromatic heterocycles. The number of hydrogen-bond acceptors (Lipinski definition) is 6. The van der Waals surface area contributed by atoms with Crippen LogP contribution >= 0.6 is 11.6 Å². The molecule has 2 aromatic carbocycles. The van der Waals surface area contributed by atoms with Crippen molar-refractivity contribution in [3.63, 3.8) is 0 Å². The highest BCUT2D eigenvalue weighted by molar-refractivity contribution is 7.89. The van der Waals surface area contributed by atoms with Crippen LogP contribution < -0.4 is 5.32 Å². The summed E-state index contributed by atoms with van der Waals surface area (Å²) < 4.78 is 32.8. The SMILES string of the molecule is Cc1ccc(Cl)cc1CNc1ccc2cc(S(=O)(=O)N3CCOCC3CO)ccc2n1. The number of benzene rings is 2. The van der Waals surface area contributed by atoms with Gasteiger partial charge in [0, 0.05) is 23.5 Å². The van der Waals surface area contributed by atoms with Gasteiger partial charge in [0.1, 0.15) is 5.82 Å². The number of nitrogens with zero attached hydrogens (tertiary/aromatic N) is 2. The van der Waals surface area contributed by atoms with E-state index >= 15 is 0 Å². The molecule has 164 valence electrons. The van der Waals surface area contributed by atoms with Crippen LogP contribution in [0.3, 0.4) is 0 Å². The fraction of sp³-hybridized carbons (Fsp3) is 0.318. The zero-order chi connectivity index (χ0) is 22.0. The van der Waals surface area contributed by atoms with Crippen LogP contribution in [0.25, 0.3) is 10.9 Å². The maximum absolute atomic E-state index is 13.1. The zero-order valence-electron chi connectivity index (χ0n) is 17.1. The highest BCUT2D eigenvalue weighted by atomic mass is 35.5. The summed E-state index contributed by atoms with van der Waals surface area (Å²) in [7, 11) is -3.74. The number of morpholine rings is 1. The summed E-state index contributed by atoms with van der Waals surface area (Å²) in [5, 5.41) is 14.2. The number of sulfonamides is 1. The zero-order valence-corrected chi connectivity index (χ0v) is 18.7. The summed E-state index contributed by atoms with van der Waals surface area (Å²) in [5.41, 5.74) is 2.91. The van der Waals surface area contributed by atoms with Gasteiger partial charge in [0.25, 0.3) is 0 Å². The van der Waals surface area contributed by atoms with E-state index in [0.717, 1.165) is 16.5 Å². The number of anilines is 1. The van der Waals surface area contributed by atoms with Crippen LogP contribution in [-0.2, 0) is 21.3 Å². The second-order valence-electron chi connectivity index (χ2n) is 7.50. The van der Waals surface area contributed by atoms with E-state index in [-0.39, 0.29) is 24.7 Å². The number of rotatable bonds is 6. The molecule has 1 saturated heterocycles. The molecular weight excluding hydrogens is 438 g/mol. The topological polar surface area (TPSA) is 91.8 Å². The number of nitrogens with one attached hydrogen (secondary N) is 1. The number of aryl methyl sites for hydroxylation is 1. The van der Waals surface area contributed by atoms with Gasteiger partial charge in [-0.25, -0.2) is 13.4 Å². The van der Waals surface area contributed by atoms with E-state index < -0.39 is 16.1 Å². The second kappa shape index (κ2) is 9.10. The van der Waals surface area contributed by atoms with Crippen molar-refractivity contribution >= 4 is 38.3 Å². The Balaban J connectivity index is 1.56. The van der Waals surface area contributed by atoms with Gasteiger partial charge in [-0.1, -0.05) is 17.7 Å². The van der Waals surface area contributed by atoms with Crippen molar-refractivity contribution in [3.05, 3.63) is 64.7 Å². The maximum atomic E-state index is 13.1. The van der Waals surface area contributed by atoms with Gasteiger partial charge in [-0.2, -0.15) is 4.31 Å². The number of halogens is 1. The van der Waals surface area contributed by atoms with Crippen molar-refractivity contribution in [2.24, 2.45) is 0 Å². The highest BCUT2D eigenvalue weighted by Gasteiger charge is 2.33. The van der Waals surface area contributed by atoms with Crippen LogP contribution in [0, 0.1) is 6.92 Å². The van der Waals surface area contributed by atoms with E-state index in [0.29, 0.717) is 29.5 Å². The van der Waals surface area contributed by atoms with Crippen LogP contribution in [0.4, 0.5) is 5.82 Å². The average Bonchev–Trinajstić information content (AvgIpc) is 2.79. The highest BCUT2D eigenvalue weighted by Crippen LogP contribution is 2.25. The summed E-state index contributed by atoms with van der Waals surface area (Å²) >= 11 is 6.09. The first-order valence-corrected chi connectivity index (χ1v) is 11.8. The molecule has 1 atom stereocenters. The van der Waals surface area contributed by atoms with Crippen molar-refractivity contribution in [1.82, 2.24) is 9.29 Å². The predicted molar refractivity (Wildman–Crippen MR) is 121 cm³/mol. The number of pyridine rings is 1. The van der Waals surface area contributed by atoms with Crippen molar-refractivity contribution in [1.29, 1.82) is 0 Å². The standard InChI is InChI=1S/C22H24ClN3O4S/c1-15-2-4-18(23)10-17(15)12-24-22-7-3-16-11-20(5-6-21(16)25-22)31(28,29)26-8-9-30-14-19(26)13-27/h2-7,10-11,19,27H,8-9,12-14H2,1H3,(H,24,25). The molecule has 0 spiro atoms. The lowest BCUT2D eigenvalue weighted by molar-refractivity contribution is 0.0109.